The van der Waals surface area contributed by atoms with Crippen LogP contribution in [-0.4, -0.2) is 36.1 Å². The van der Waals surface area contributed by atoms with Crippen LogP contribution in [0.1, 0.15) is 36.9 Å². The Labute approximate surface area is 114 Å². The molecule has 0 fully saturated rings. The summed E-state index contributed by atoms with van der Waals surface area (Å²) in [6.07, 6.45) is 2.60. The van der Waals surface area contributed by atoms with Crippen molar-refractivity contribution >= 4 is 0 Å². The lowest BCUT2D eigenvalue weighted by molar-refractivity contribution is 0.0227. The molecule has 0 aliphatic heterocycles. The highest BCUT2D eigenvalue weighted by molar-refractivity contribution is 5.40. The summed E-state index contributed by atoms with van der Waals surface area (Å²) < 4.78 is 5.00. The summed E-state index contributed by atoms with van der Waals surface area (Å²) in [7, 11) is 1.64. The van der Waals surface area contributed by atoms with Crippen molar-refractivity contribution in [3.05, 3.63) is 29.3 Å². The second-order valence-electron chi connectivity index (χ2n) is 5.60. The van der Waals surface area contributed by atoms with E-state index in [1.165, 1.54) is 11.1 Å². The van der Waals surface area contributed by atoms with E-state index >= 15 is 0 Å². The van der Waals surface area contributed by atoms with Crippen molar-refractivity contribution < 1.29 is 14.9 Å². The number of nitrogens with one attached hydrogen (secondary N) is 1. The number of aromatic hydroxyl groups is 1. The van der Waals surface area contributed by atoms with E-state index in [4.69, 9.17) is 4.74 Å². The largest absolute Gasteiger partial charge is 0.508 e. The van der Waals surface area contributed by atoms with Crippen molar-refractivity contribution in [2.75, 3.05) is 20.3 Å². The first-order valence-electron chi connectivity index (χ1n) is 6.78. The number of aliphatic hydroxyl groups is 1. The fraction of sp³-hybridized carbons (Fsp3) is 0.600. The zero-order chi connectivity index (χ0) is 13.9. The van der Waals surface area contributed by atoms with Gasteiger partial charge in [0.2, 0.25) is 0 Å². The zero-order valence-electron chi connectivity index (χ0n) is 11.6. The van der Waals surface area contributed by atoms with Crippen molar-refractivity contribution in [1.29, 1.82) is 0 Å². The lowest BCUT2D eigenvalue weighted by atomic mass is 10.0. The van der Waals surface area contributed by atoms with Gasteiger partial charge in [0.05, 0.1) is 5.60 Å². The Kier molecular flexibility index (Phi) is 4.45. The quantitative estimate of drug-likeness (QED) is 0.733. The van der Waals surface area contributed by atoms with Crippen molar-refractivity contribution in [2.45, 2.75) is 37.8 Å². The molecule has 0 amide bonds. The van der Waals surface area contributed by atoms with Crippen LogP contribution in [-0.2, 0) is 11.2 Å². The number of aryl methyl sites for hydroxylation is 1. The van der Waals surface area contributed by atoms with E-state index in [-0.39, 0.29) is 6.04 Å². The Hall–Kier alpha value is -1.10. The van der Waals surface area contributed by atoms with E-state index in [1.807, 2.05) is 19.1 Å². The maximum Gasteiger partial charge on any atom is 0.115 e. The van der Waals surface area contributed by atoms with Gasteiger partial charge < -0.3 is 20.3 Å². The van der Waals surface area contributed by atoms with E-state index in [1.54, 1.807) is 13.2 Å². The molecule has 0 heterocycles. The minimum Gasteiger partial charge on any atom is -0.508 e. The van der Waals surface area contributed by atoms with Crippen molar-refractivity contribution in [3.63, 3.8) is 0 Å². The molecule has 1 aromatic rings. The number of hydrogen-bond acceptors (Lipinski definition) is 4. The Morgan fingerprint density at radius 2 is 2.26 bits per heavy atom. The van der Waals surface area contributed by atoms with E-state index in [0.717, 1.165) is 12.8 Å². The van der Waals surface area contributed by atoms with Crippen LogP contribution in [0.25, 0.3) is 0 Å². The fourth-order valence-corrected chi connectivity index (χ4v) is 2.57. The van der Waals surface area contributed by atoms with Gasteiger partial charge in [-0.1, -0.05) is 6.07 Å². The second kappa shape index (κ2) is 5.90. The van der Waals surface area contributed by atoms with Gasteiger partial charge in [-0.25, -0.2) is 0 Å². The molecule has 2 atom stereocenters. The van der Waals surface area contributed by atoms with Crippen LogP contribution >= 0.6 is 0 Å². The Morgan fingerprint density at radius 3 is 3.00 bits per heavy atom. The Bertz CT molecular complexity index is 431. The molecule has 0 saturated heterocycles. The van der Waals surface area contributed by atoms with Gasteiger partial charge in [-0.3, -0.25) is 0 Å². The SMILES string of the molecule is COCCC(C)(O)CNC1CCc2cc(O)ccc21. The van der Waals surface area contributed by atoms with Crippen LogP contribution in [0.4, 0.5) is 0 Å². The van der Waals surface area contributed by atoms with Crippen LogP contribution in [0.15, 0.2) is 18.2 Å². The first-order valence-corrected chi connectivity index (χ1v) is 6.78. The van der Waals surface area contributed by atoms with Crippen LogP contribution in [0.2, 0.25) is 0 Å². The number of hydrogen-bond donors (Lipinski definition) is 3. The monoisotopic (exact) mass is 265 g/mol. The normalized spacial score (nSPS) is 21.1. The van der Waals surface area contributed by atoms with Gasteiger partial charge >= 0.3 is 0 Å². The number of phenolic OH excluding ortho intramolecular Hbond substituents is 1. The molecule has 4 nitrogen and oxygen atoms in total. The summed E-state index contributed by atoms with van der Waals surface area (Å²) in [5.74, 6) is 0.325. The number of fused-ring (bicyclic) bond motifs is 1. The summed E-state index contributed by atoms with van der Waals surface area (Å²) >= 11 is 0. The Morgan fingerprint density at radius 1 is 1.47 bits per heavy atom. The van der Waals surface area contributed by atoms with Gasteiger partial charge in [0.25, 0.3) is 0 Å². The number of phenols is 1. The molecule has 1 aliphatic carbocycles. The lowest BCUT2D eigenvalue weighted by Crippen LogP contribution is -2.39. The Balaban J connectivity index is 1.92. The van der Waals surface area contributed by atoms with Crippen LogP contribution in [0, 0.1) is 0 Å². The minimum absolute atomic E-state index is 0.268. The summed E-state index contributed by atoms with van der Waals surface area (Å²) in [6.45, 7) is 2.93. The minimum atomic E-state index is -0.754. The van der Waals surface area contributed by atoms with Gasteiger partial charge in [0, 0.05) is 32.7 Å². The third-order valence-corrected chi connectivity index (χ3v) is 3.78. The molecule has 2 unspecified atom stereocenters. The molecule has 0 saturated carbocycles. The van der Waals surface area contributed by atoms with Gasteiger partial charge in [-0.15, -0.1) is 0 Å². The van der Waals surface area contributed by atoms with Gasteiger partial charge in [-0.05, 0) is 43.0 Å². The van der Waals surface area contributed by atoms with E-state index in [0.29, 0.717) is 25.3 Å². The molecule has 1 aromatic carbocycles. The number of ether oxygens (including phenoxy) is 1. The maximum absolute atomic E-state index is 10.2. The van der Waals surface area contributed by atoms with Crippen molar-refractivity contribution in [2.24, 2.45) is 0 Å². The van der Waals surface area contributed by atoms with E-state index in [2.05, 4.69) is 5.32 Å². The molecule has 4 heteroatoms. The first kappa shape index (κ1) is 14.3. The number of methoxy groups -OCH3 is 1. The van der Waals surface area contributed by atoms with E-state index in [9.17, 15) is 10.2 Å². The average Bonchev–Trinajstić information content (AvgIpc) is 2.76. The molecule has 0 spiro atoms. The van der Waals surface area contributed by atoms with Crippen LogP contribution < -0.4 is 5.32 Å². The first-order chi connectivity index (χ1) is 9.02. The second-order valence-corrected chi connectivity index (χ2v) is 5.60. The van der Waals surface area contributed by atoms with Crippen molar-refractivity contribution in [1.82, 2.24) is 5.32 Å². The topological polar surface area (TPSA) is 61.7 Å². The molecular weight excluding hydrogens is 242 g/mol. The summed E-state index contributed by atoms with van der Waals surface area (Å²) in [5, 5.41) is 23.1. The molecule has 1 aliphatic rings. The van der Waals surface area contributed by atoms with Gasteiger partial charge in [0.15, 0.2) is 0 Å². The van der Waals surface area contributed by atoms with Gasteiger partial charge in [0.1, 0.15) is 5.75 Å². The molecule has 3 N–H and O–H groups in total. The fourth-order valence-electron chi connectivity index (χ4n) is 2.57. The molecule has 19 heavy (non-hydrogen) atoms. The average molecular weight is 265 g/mol. The van der Waals surface area contributed by atoms with Gasteiger partial charge in [-0.2, -0.15) is 0 Å². The zero-order valence-corrected chi connectivity index (χ0v) is 11.6. The highest BCUT2D eigenvalue weighted by Crippen LogP contribution is 2.33. The lowest BCUT2D eigenvalue weighted by Gasteiger charge is -2.26. The van der Waals surface area contributed by atoms with Crippen molar-refractivity contribution in [3.8, 4) is 5.75 Å². The molecule has 106 valence electrons. The number of benzene rings is 1. The molecule has 0 radical (unpaired) electrons. The predicted octanol–water partition coefficient (Wildman–Crippen LogP) is 1.76. The smallest absolute Gasteiger partial charge is 0.115 e. The summed E-state index contributed by atoms with van der Waals surface area (Å²) in [5.41, 5.74) is 1.68. The number of rotatable bonds is 6. The third-order valence-electron chi connectivity index (χ3n) is 3.78. The molecule has 0 bridgehead atoms. The molecular formula is C15H23NO3. The van der Waals surface area contributed by atoms with Crippen LogP contribution in [0.3, 0.4) is 0 Å². The highest BCUT2D eigenvalue weighted by atomic mass is 16.5. The molecule has 2 rings (SSSR count). The highest BCUT2D eigenvalue weighted by Gasteiger charge is 2.26. The predicted molar refractivity (Wildman–Crippen MR) is 74.3 cm³/mol. The molecule has 0 aromatic heterocycles. The summed E-state index contributed by atoms with van der Waals surface area (Å²) in [4.78, 5) is 0. The third kappa shape index (κ3) is 3.69. The summed E-state index contributed by atoms with van der Waals surface area (Å²) in [6, 6.07) is 5.80. The van der Waals surface area contributed by atoms with E-state index < -0.39 is 5.60 Å². The standard InChI is InChI=1S/C15H23NO3/c1-15(18,7-8-19-2)10-16-14-6-3-11-9-12(17)4-5-13(11)14/h4-5,9,14,16-18H,3,6-8,10H2,1-2H3. The van der Waals surface area contributed by atoms with Crippen LogP contribution in [0.5, 0.6) is 5.75 Å². The maximum atomic E-state index is 10.2.